The highest BCUT2D eigenvalue weighted by molar-refractivity contribution is 6.33. The summed E-state index contributed by atoms with van der Waals surface area (Å²) in [6.45, 7) is 0. The molecule has 0 aliphatic carbocycles. The van der Waals surface area contributed by atoms with Crippen LogP contribution in [0.25, 0.3) is 0 Å². The Balaban J connectivity index is 5.18. The first-order valence-corrected chi connectivity index (χ1v) is 4.87. The van der Waals surface area contributed by atoms with Crippen LogP contribution < -0.4 is 5.32 Å². The van der Waals surface area contributed by atoms with Crippen molar-refractivity contribution in [2.45, 2.75) is 0 Å². The van der Waals surface area contributed by atoms with Crippen LogP contribution >= 0.6 is 23.2 Å². The van der Waals surface area contributed by atoms with Gasteiger partial charge in [0.1, 0.15) is 18.0 Å². The fraction of sp³-hybridized carbons (Fsp3) is 0.375. The van der Waals surface area contributed by atoms with Crippen molar-refractivity contribution in [1.82, 2.24) is 5.32 Å². The largest absolute Gasteiger partial charge is 0.295 e. The molecule has 84 valence electrons. The molecule has 2 amide bonds. The van der Waals surface area contributed by atoms with E-state index in [1.54, 1.807) is 5.32 Å². The number of rotatable bonds is 4. The first-order valence-electron chi connectivity index (χ1n) is 3.80. The number of imide groups is 1. The fourth-order valence-electron chi connectivity index (χ4n) is 0.732. The molecule has 0 saturated heterocycles. The van der Waals surface area contributed by atoms with Gasteiger partial charge in [0.15, 0.2) is 5.78 Å². The summed E-state index contributed by atoms with van der Waals surface area (Å²) in [5.41, 5.74) is -2.61. The first-order chi connectivity index (χ1) is 7.48. The average molecular weight is 262 g/mol. The van der Waals surface area contributed by atoms with Gasteiger partial charge < -0.3 is 0 Å². The van der Waals surface area contributed by atoms with Gasteiger partial charge >= 0.3 is 0 Å². The average Bonchev–Trinajstić information content (AvgIpc) is 2.30. The molecule has 0 aliphatic heterocycles. The van der Waals surface area contributed by atoms with Crippen molar-refractivity contribution in [3.63, 3.8) is 0 Å². The zero-order valence-corrected chi connectivity index (χ0v) is 9.30. The van der Waals surface area contributed by atoms with E-state index in [0.29, 0.717) is 0 Å². The maximum atomic E-state index is 11.4. The number of halogens is 2. The van der Waals surface area contributed by atoms with E-state index in [9.17, 15) is 14.4 Å². The zero-order chi connectivity index (χ0) is 12.8. The maximum absolute atomic E-state index is 11.4. The molecule has 0 saturated carbocycles. The van der Waals surface area contributed by atoms with E-state index >= 15 is 0 Å². The third-order valence-corrected chi connectivity index (χ3v) is 2.08. The minimum absolute atomic E-state index is 0.534. The van der Waals surface area contributed by atoms with Gasteiger partial charge in [-0.15, -0.1) is 23.2 Å². The highest BCUT2D eigenvalue weighted by Gasteiger charge is 2.47. The molecule has 0 unspecified atom stereocenters. The number of nitrogens with one attached hydrogen (secondary N) is 1. The molecule has 16 heavy (non-hydrogen) atoms. The summed E-state index contributed by atoms with van der Waals surface area (Å²) < 4.78 is 0. The van der Waals surface area contributed by atoms with Gasteiger partial charge in [0.25, 0.3) is 11.3 Å². The molecule has 0 radical (unpaired) electrons. The SMILES string of the molecule is N#CC(C#N)(C(=O)CCl)C(=O)NC(=O)CCl. The van der Waals surface area contributed by atoms with Crippen LogP contribution in [0.3, 0.4) is 0 Å². The van der Waals surface area contributed by atoms with Crippen LogP contribution in [0, 0.1) is 28.1 Å². The lowest BCUT2D eigenvalue weighted by atomic mass is 9.86. The molecule has 0 fully saturated rings. The summed E-state index contributed by atoms with van der Waals surface area (Å²) in [6, 6.07) is 2.49. The number of alkyl halides is 2. The summed E-state index contributed by atoms with van der Waals surface area (Å²) in [4.78, 5) is 33.4. The second kappa shape index (κ2) is 6.06. The summed E-state index contributed by atoms with van der Waals surface area (Å²) in [5, 5.41) is 19.0. The van der Waals surface area contributed by atoms with Gasteiger partial charge in [0.05, 0.1) is 5.88 Å². The monoisotopic (exact) mass is 261 g/mol. The van der Waals surface area contributed by atoms with E-state index in [-0.39, 0.29) is 0 Å². The molecular weight excluding hydrogens is 257 g/mol. The van der Waals surface area contributed by atoms with Crippen molar-refractivity contribution >= 4 is 40.8 Å². The molecule has 0 bridgehead atoms. The Hall–Kier alpha value is -1.63. The first kappa shape index (κ1) is 14.4. The van der Waals surface area contributed by atoms with Gasteiger partial charge in [-0.3, -0.25) is 19.7 Å². The Morgan fingerprint density at radius 1 is 1.12 bits per heavy atom. The lowest BCUT2D eigenvalue weighted by Gasteiger charge is -2.13. The molecule has 0 aromatic heterocycles. The number of ketones is 1. The Morgan fingerprint density at radius 2 is 1.62 bits per heavy atom. The molecule has 0 aromatic carbocycles. The van der Waals surface area contributed by atoms with Gasteiger partial charge in [0.2, 0.25) is 5.91 Å². The Morgan fingerprint density at radius 3 is 1.94 bits per heavy atom. The molecule has 0 heterocycles. The van der Waals surface area contributed by atoms with Crippen LogP contribution in [0.2, 0.25) is 0 Å². The summed E-state index contributed by atoms with van der Waals surface area (Å²) in [7, 11) is 0. The third kappa shape index (κ3) is 2.69. The predicted molar refractivity (Wildman–Crippen MR) is 53.3 cm³/mol. The number of carbonyl (C=O) groups excluding carboxylic acids is 3. The number of nitrogens with zero attached hydrogens (tertiary/aromatic N) is 2. The Kier molecular flexibility index (Phi) is 5.44. The van der Waals surface area contributed by atoms with Gasteiger partial charge in [-0.05, 0) is 0 Å². The molecule has 0 atom stereocenters. The smallest absolute Gasteiger partial charge is 0.279 e. The highest BCUT2D eigenvalue weighted by atomic mass is 35.5. The van der Waals surface area contributed by atoms with Crippen molar-refractivity contribution < 1.29 is 14.4 Å². The topological polar surface area (TPSA) is 111 Å². The molecule has 0 rings (SSSR count). The number of hydrogen-bond donors (Lipinski definition) is 1. The van der Waals surface area contributed by atoms with Crippen molar-refractivity contribution in [2.75, 3.05) is 11.8 Å². The lowest BCUT2D eigenvalue weighted by Crippen LogP contribution is -2.47. The van der Waals surface area contributed by atoms with Gasteiger partial charge in [-0.2, -0.15) is 10.5 Å². The summed E-state index contributed by atoms with van der Waals surface area (Å²) in [6.07, 6.45) is 0. The molecule has 8 heteroatoms. The summed E-state index contributed by atoms with van der Waals surface area (Å²) in [5.74, 6) is -4.58. The van der Waals surface area contributed by atoms with E-state index < -0.39 is 34.8 Å². The maximum Gasteiger partial charge on any atom is 0.279 e. The molecule has 1 N–H and O–H groups in total. The van der Waals surface area contributed by atoms with Crippen LogP contribution in [-0.2, 0) is 14.4 Å². The Labute approximate surface area is 101 Å². The minimum Gasteiger partial charge on any atom is -0.295 e. The second-order valence-electron chi connectivity index (χ2n) is 2.54. The summed E-state index contributed by atoms with van der Waals surface area (Å²) >= 11 is 10.3. The zero-order valence-electron chi connectivity index (χ0n) is 7.79. The van der Waals surface area contributed by atoms with Crippen LogP contribution in [0.5, 0.6) is 0 Å². The number of carbonyl (C=O) groups is 3. The fourth-order valence-corrected chi connectivity index (χ4v) is 0.999. The molecule has 6 nitrogen and oxygen atoms in total. The minimum atomic E-state index is -2.61. The number of nitriles is 2. The van der Waals surface area contributed by atoms with Gasteiger partial charge in [-0.25, -0.2) is 0 Å². The standard InChI is InChI=1S/C8H5Cl2N3O3/c9-1-5(14)8(3-11,4-12)7(16)13-6(15)2-10/h1-2H2,(H,13,15,16). The third-order valence-electron chi connectivity index (χ3n) is 1.59. The van der Waals surface area contributed by atoms with E-state index in [2.05, 4.69) is 0 Å². The normalized spacial score (nSPS) is 9.75. The second-order valence-corrected chi connectivity index (χ2v) is 3.08. The molecule has 0 aliphatic rings. The van der Waals surface area contributed by atoms with Crippen molar-refractivity contribution in [1.29, 1.82) is 10.5 Å². The van der Waals surface area contributed by atoms with E-state index in [1.807, 2.05) is 0 Å². The Bertz CT molecular complexity index is 394. The highest BCUT2D eigenvalue weighted by Crippen LogP contribution is 2.17. The van der Waals surface area contributed by atoms with Gasteiger partial charge in [-0.1, -0.05) is 0 Å². The van der Waals surface area contributed by atoms with E-state index in [0.717, 1.165) is 0 Å². The van der Waals surface area contributed by atoms with E-state index in [1.165, 1.54) is 12.1 Å². The number of amides is 2. The van der Waals surface area contributed by atoms with Crippen molar-refractivity contribution in [3.05, 3.63) is 0 Å². The van der Waals surface area contributed by atoms with Crippen LogP contribution in [0.1, 0.15) is 0 Å². The number of Topliss-reactive ketones (excluding diaryl/α,β-unsaturated/α-hetero) is 1. The van der Waals surface area contributed by atoms with E-state index in [4.69, 9.17) is 33.7 Å². The van der Waals surface area contributed by atoms with Crippen LogP contribution in [0.15, 0.2) is 0 Å². The number of hydrogen-bond acceptors (Lipinski definition) is 5. The molecule has 0 aromatic rings. The van der Waals surface area contributed by atoms with Crippen molar-refractivity contribution in [3.8, 4) is 12.1 Å². The van der Waals surface area contributed by atoms with Crippen LogP contribution in [-0.4, -0.2) is 29.4 Å². The van der Waals surface area contributed by atoms with Gasteiger partial charge in [0, 0.05) is 0 Å². The van der Waals surface area contributed by atoms with Crippen molar-refractivity contribution in [2.24, 2.45) is 5.41 Å². The quantitative estimate of drug-likeness (QED) is 0.552. The predicted octanol–water partition coefficient (Wildman–Crippen LogP) is -0.291. The van der Waals surface area contributed by atoms with Crippen LogP contribution in [0.4, 0.5) is 0 Å². The lowest BCUT2D eigenvalue weighted by molar-refractivity contribution is -0.136. The molecular formula is C8H5Cl2N3O3. The molecule has 0 spiro atoms.